The Labute approximate surface area is 272 Å². The Morgan fingerprint density at radius 1 is 0.681 bits per heavy atom. The number of carbonyl (C=O) groups excluding carboxylic acids is 7. The van der Waals surface area contributed by atoms with Crippen LogP contribution < -0.4 is 43.4 Å². The zero-order chi connectivity index (χ0) is 35.8. The molecule has 0 aliphatic heterocycles. The van der Waals surface area contributed by atoms with Crippen molar-refractivity contribution in [1.82, 2.24) is 31.9 Å². The minimum Gasteiger partial charge on any atom is -0.368 e. The maximum Gasteiger partial charge on any atom is 0.269 e. The van der Waals surface area contributed by atoms with Gasteiger partial charge in [0.2, 0.25) is 41.4 Å². The molecule has 1 rings (SSSR count). The van der Waals surface area contributed by atoms with E-state index < -0.39 is 82.5 Å². The Hall–Kier alpha value is -5.13. The van der Waals surface area contributed by atoms with E-state index in [-0.39, 0.29) is 18.5 Å². The van der Waals surface area contributed by atoms with E-state index in [4.69, 9.17) is 11.5 Å². The maximum absolute atomic E-state index is 13.5. The Balaban J connectivity index is 3.21. The highest BCUT2D eigenvalue weighted by atomic mass is 16.6. The van der Waals surface area contributed by atoms with Gasteiger partial charge in [0.15, 0.2) is 0 Å². The van der Waals surface area contributed by atoms with Gasteiger partial charge in [-0.3, -0.25) is 43.7 Å². The smallest absolute Gasteiger partial charge is 0.269 e. The zero-order valence-electron chi connectivity index (χ0n) is 27.1. The van der Waals surface area contributed by atoms with E-state index >= 15 is 0 Å². The highest BCUT2D eigenvalue weighted by Gasteiger charge is 2.30. The van der Waals surface area contributed by atoms with Crippen molar-refractivity contribution < 1.29 is 38.5 Å². The molecule has 1 aromatic rings. The first kappa shape index (κ1) is 39.9. The second-order valence-electron chi connectivity index (χ2n) is 11.0. The summed E-state index contributed by atoms with van der Waals surface area (Å²) in [5, 5.41) is 25.9. The molecule has 0 radical (unpaired) electrons. The van der Waals surface area contributed by atoms with Crippen molar-refractivity contribution in [2.24, 2.45) is 11.5 Å². The van der Waals surface area contributed by atoms with Crippen molar-refractivity contribution >= 4 is 47.0 Å². The monoisotopic (exact) mass is 663 g/mol. The summed E-state index contributed by atoms with van der Waals surface area (Å²) in [7, 11) is 0. The molecule has 6 atom stereocenters. The van der Waals surface area contributed by atoms with Gasteiger partial charge >= 0.3 is 0 Å². The zero-order valence-corrected chi connectivity index (χ0v) is 27.1. The third-order valence-corrected chi connectivity index (χ3v) is 6.90. The minimum atomic E-state index is -1.32. The van der Waals surface area contributed by atoms with Gasteiger partial charge in [-0.25, -0.2) is 0 Å². The van der Waals surface area contributed by atoms with Crippen molar-refractivity contribution in [2.75, 3.05) is 6.54 Å². The number of nitrogens with zero attached hydrogens (tertiary/aromatic N) is 1. The number of non-ortho nitro benzene ring substituents is 1. The average molecular weight is 664 g/mol. The lowest BCUT2D eigenvalue weighted by atomic mass is 10.0. The molecule has 10 N–H and O–H groups in total. The minimum absolute atomic E-state index is 0.118. The van der Waals surface area contributed by atoms with Gasteiger partial charge in [0.25, 0.3) is 5.69 Å². The predicted molar refractivity (Wildman–Crippen MR) is 169 cm³/mol. The number of nitro groups is 1. The summed E-state index contributed by atoms with van der Waals surface area (Å²) >= 11 is 0. The van der Waals surface area contributed by atoms with Crippen molar-refractivity contribution in [3.63, 3.8) is 0 Å². The maximum atomic E-state index is 13.5. The number of carbonyl (C=O) groups is 7. The van der Waals surface area contributed by atoms with Gasteiger partial charge in [-0.2, -0.15) is 0 Å². The molecular formula is C29H45N9O9. The molecule has 260 valence electrons. The van der Waals surface area contributed by atoms with Crippen molar-refractivity contribution in [2.45, 2.75) is 96.6 Å². The molecule has 0 heterocycles. The van der Waals surface area contributed by atoms with Gasteiger partial charge in [-0.05, 0) is 59.1 Å². The van der Waals surface area contributed by atoms with Crippen LogP contribution in [0.2, 0.25) is 0 Å². The van der Waals surface area contributed by atoms with E-state index in [1.165, 1.54) is 58.9 Å². The summed E-state index contributed by atoms with van der Waals surface area (Å²) in [6, 6.07) is -1.44. The number of unbranched alkanes of at least 4 members (excludes halogenated alkanes) is 1. The van der Waals surface area contributed by atoms with Crippen LogP contribution in [0.5, 0.6) is 0 Å². The van der Waals surface area contributed by atoms with Crippen LogP contribution >= 0.6 is 0 Å². The first-order valence-electron chi connectivity index (χ1n) is 15.0. The lowest BCUT2D eigenvalue weighted by Gasteiger charge is -2.26. The first-order chi connectivity index (χ1) is 22.0. The van der Waals surface area contributed by atoms with Crippen LogP contribution in [-0.4, -0.2) is 89.1 Å². The highest BCUT2D eigenvalue weighted by Crippen LogP contribution is 2.14. The molecule has 0 saturated carbocycles. The molecule has 18 heteroatoms. The molecule has 0 unspecified atom stereocenters. The molecule has 0 saturated heterocycles. The van der Waals surface area contributed by atoms with Crippen LogP contribution in [0.4, 0.5) is 5.69 Å². The third kappa shape index (κ3) is 14.2. The van der Waals surface area contributed by atoms with Crippen LogP contribution in [0.15, 0.2) is 24.3 Å². The summed E-state index contributed by atoms with van der Waals surface area (Å²) in [5.74, 6) is -4.86. The van der Waals surface area contributed by atoms with Crippen LogP contribution in [0.3, 0.4) is 0 Å². The fourth-order valence-corrected chi connectivity index (χ4v) is 4.09. The molecule has 0 aromatic heterocycles. The average Bonchev–Trinajstić information content (AvgIpc) is 2.99. The van der Waals surface area contributed by atoms with E-state index in [1.54, 1.807) is 0 Å². The summed E-state index contributed by atoms with van der Waals surface area (Å²) in [6.45, 7) is 7.09. The third-order valence-electron chi connectivity index (χ3n) is 6.90. The van der Waals surface area contributed by atoms with Crippen LogP contribution in [0.1, 0.15) is 59.4 Å². The predicted octanol–water partition coefficient (Wildman–Crippen LogP) is -2.24. The van der Waals surface area contributed by atoms with E-state index in [0.29, 0.717) is 24.9 Å². The molecule has 0 bridgehead atoms. The largest absolute Gasteiger partial charge is 0.368 e. The van der Waals surface area contributed by atoms with Crippen molar-refractivity contribution in [3.8, 4) is 0 Å². The first-order valence-corrected chi connectivity index (χ1v) is 15.0. The molecule has 0 aliphatic rings. The highest BCUT2D eigenvalue weighted by molar-refractivity contribution is 5.96. The normalized spacial score (nSPS) is 14.5. The Bertz CT molecular complexity index is 1310. The number of amides is 7. The number of hydrogen-bond donors (Lipinski definition) is 8. The number of nitro benzene ring substituents is 1. The second kappa shape index (κ2) is 19.4. The van der Waals surface area contributed by atoms with Gasteiger partial charge < -0.3 is 43.4 Å². The summed E-state index contributed by atoms with van der Waals surface area (Å²) in [5.41, 5.74) is 11.0. The van der Waals surface area contributed by atoms with Crippen molar-refractivity contribution in [1.29, 1.82) is 0 Å². The molecule has 47 heavy (non-hydrogen) atoms. The summed E-state index contributed by atoms with van der Waals surface area (Å²) in [4.78, 5) is 97.9. The van der Waals surface area contributed by atoms with E-state index in [2.05, 4.69) is 31.9 Å². The standard InChI is InChI=1S/C29H45N9O9/c1-15(24(31)40)33-26(42)17(3)35-29(45)23(14-20-9-11-21(12-10-20)38(46)47)37-28(44)22(8-6-7-13-30)36-27(43)18(4)34-25(41)16(2)32-19(5)39/h9-12,15-18,22-23H,6-8,13-14,30H2,1-5H3,(H2,31,40)(H,32,39)(H,33,42)(H,34,41)(H,35,45)(H,36,43)(H,37,44)/t15-,16-,17-,18-,22-,23-/m0/s1. The SMILES string of the molecule is CC(=O)N[C@@H](C)C(=O)N[C@@H](C)C(=O)N[C@@H](CCCCN)C(=O)N[C@@H](Cc1ccc([N+](=O)[O-])cc1)C(=O)N[C@@H](C)C(=O)N[C@@H](C)C(N)=O. The van der Waals surface area contributed by atoms with Gasteiger partial charge in [0.1, 0.15) is 36.3 Å². The fourth-order valence-electron chi connectivity index (χ4n) is 4.09. The molecule has 0 aliphatic carbocycles. The second-order valence-corrected chi connectivity index (χ2v) is 11.0. The summed E-state index contributed by atoms with van der Waals surface area (Å²) < 4.78 is 0. The molecule has 1 aromatic carbocycles. The Morgan fingerprint density at radius 2 is 1.13 bits per heavy atom. The van der Waals surface area contributed by atoms with Crippen molar-refractivity contribution in [3.05, 3.63) is 39.9 Å². The summed E-state index contributed by atoms with van der Waals surface area (Å²) in [6.07, 6.45) is 0.902. The fraction of sp³-hybridized carbons (Fsp3) is 0.552. The molecule has 0 spiro atoms. The lowest BCUT2D eigenvalue weighted by Crippen LogP contribution is -2.59. The van der Waals surface area contributed by atoms with Crippen LogP contribution in [-0.2, 0) is 40.0 Å². The van der Waals surface area contributed by atoms with E-state index in [9.17, 15) is 43.7 Å². The van der Waals surface area contributed by atoms with Gasteiger partial charge in [-0.1, -0.05) is 12.1 Å². The quantitative estimate of drug-likeness (QED) is 0.0447. The van der Waals surface area contributed by atoms with E-state index in [0.717, 1.165) is 0 Å². The Kier molecular flexibility index (Phi) is 16.5. The number of primary amides is 1. The molecule has 7 amide bonds. The van der Waals surface area contributed by atoms with Gasteiger partial charge in [0.05, 0.1) is 4.92 Å². The lowest BCUT2D eigenvalue weighted by molar-refractivity contribution is -0.384. The van der Waals surface area contributed by atoms with Gasteiger partial charge in [0, 0.05) is 25.5 Å². The number of benzene rings is 1. The van der Waals surface area contributed by atoms with Crippen LogP contribution in [0.25, 0.3) is 0 Å². The topological polar surface area (TPSA) is 287 Å². The van der Waals surface area contributed by atoms with E-state index in [1.807, 2.05) is 0 Å². The van der Waals surface area contributed by atoms with Crippen LogP contribution in [0, 0.1) is 10.1 Å². The van der Waals surface area contributed by atoms with Gasteiger partial charge in [-0.15, -0.1) is 0 Å². The molecule has 18 nitrogen and oxygen atoms in total. The number of rotatable bonds is 19. The molecule has 0 fully saturated rings. The number of nitrogens with one attached hydrogen (secondary N) is 6. The molecular weight excluding hydrogens is 618 g/mol. The number of nitrogens with two attached hydrogens (primary N) is 2. The Morgan fingerprint density at radius 3 is 1.62 bits per heavy atom. The number of hydrogen-bond acceptors (Lipinski definition) is 10.